The Morgan fingerprint density at radius 3 is 2.00 bits per heavy atom. The highest BCUT2D eigenvalue weighted by atomic mass is 19.1. The fourth-order valence-corrected chi connectivity index (χ4v) is 1.59. The highest BCUT2D eigenvalue weighted by Crippen LogP contribution is 2.25. The number of halogens is 1. The average molecular weight is 215 g/mol. The minimum atomic E-state index is -0.184. The molecule has 2 N–H and O–H groups in total. The molecule has 0 atom stereocenters. The molecule has 0 aliphatic heterocycles. The molecule has 2 heteroatoms. The molecule has 0 heterocycles. The van der Waals surface area contributed by atoms with Gasteiger partial charge in [0.25, 0.3) is 0 Å². The van der Waals surface area contributed by atoms with Crippen LogP contribution in [0.4, 0.5) is 10.1 Å². The van der Waals surface area contributed by atoms with Crippen LogP contribution < -0.4 is 5.73 Å². The van der Waals surface area contributed by atoms with Gasteiger partial charge in [-0.15, -0.1) is 0 Å². The lowest BCUT2D eigenvalue weighted by Gasteiger charge is -2.06. The zero-order valence-corrected chi connectivity index (χ0v) is 9.42. The first-order chi connectivity index (χ1) is 7.58. The number of benzene rings is 2. The Balaban J connectivity index is 2.50. The summed E-state index contributed by atoms with van der Waals surface area (Å²) in [6, 6.07) is 11.0. The molecule has 0 unspecified atom stereocenters. The van der Waals surface area contributed by atoms with Crippen molar-refractivity contribution in [2.45, 2.75) is 13.8 Å². The highest BCUT2D eigenvalue weighted by Gasteiger charge is 2.03. The first-order valence-corrected chi connectivity index (χ1v) is 5.20. The number of rotatable bonds is 1. The zero-order valence-electron chi connectivity index (χ0n) is 9.42. The van der Waals surface area contributed by atoms with E-state index in [-0.39, 0.29) is 5.82 Å². The molecular formula is C14H14FN. The Kier molecular flexibility index (Phi) is 2.65. The summed E-state index contributed by atoms with van der Waals surface area (Å²) in [7, 11) is 0. The lowest BCUT2D eigenvalue weighted by molar-refractivity contribution is 0.619. The predicted octanol–water partition coefficient (Wildman–Crippen LogP) is 3.69. The molecule has 0 fully saturated rings. The van der Waals surface area contributed by atoms with Crippen LogP contribution in [-0.4, -0.2) is 0 Å². The maximum atomic E-state index is 13.4. The number of anilines is 1. The average Bonchev–Trinajstić information content (AvgIpc) is 2.26. The van der Waals surface area contributed by atoms with Crippen LogP contribution in [0.15, 0.2) is 36.4 Å². The van der Waals surface area contributed by atoms with Gasteiger partial charge >= 0.3 is 0 Å². The van der Waals surface area contributed by atoms with Crippen molar-refractivity contribution in [1.82, 2.24) is 0 Å². The summed E-state index contributed by atoms with van der Waals surface area (Å²) in [5, 5.41) is 0. The number of hydrogen-bond acceptors (Lipinski definition) is 1. The molecule has 2 aromatic carbocycles. The lowest BCUT2D eigenvalue weighted by Crippen LogP contribution is -1.90. The molecule has 2 aromatic rings. The van der Waals surface area contributed by atoms with E-state index in [0.29, 0.717) is 5.56 Å². The Bertz CT molecular complexity index is 483. The van der Waals surface area contributed by atoms with Crippen LogP contribution in [0.2, 0.25) is 0 Å². The van der Waals surface area contributed by atoms with Crippen LogP contribution in [0.1, 0.15) is 11.1 Å². The summed E-state index contributed by atoms with van der Waals surface area (Å²) in [5.74, 6) is -0.184. The molecule has 0 bridgehead atoms. The van der Waals surface area contributed by atoms with E-state index in [9.17, 15) is 4.39 Å². The van der Waals surface area contributed by atoms with E-state index in [1.165, 1.54) is 0 Å². The van der Waals surface area contributed by atoms with Gasteiger partial charge in [-0.25, -0.2) is 4.39 Å². The van der Waals surface area contributed by atoms with Crippen LogP contribution in [0.3, 0.4) is 0 Å². The Morgan fingerprint density at radius 1 is 0.875 bits per heavy atom. The van der Waals surface area contributed by atoms with E-state index >= 15 is 0 Å². The van der Waals surface area contributed by atoms with Crippen molar-refractivity contribution in [2.24, 2.45) is 0 Å². The standard InChI is InChI=1S/C14H14FN/c1-9-3-5-11(7-13(9)15)12-6-4-10(2)14(16)8-12/h3-8H,16H2,1-2H3. The molecule has 0 saturated heterocycles. The third-order valence-corrected chi connectivity index (χ3v) is 2.78. The van der Waals surface area contributed by atoms with E-state index in [1.807, 2.05) is 31.2 Å². The quantitative estimate of drug-likeness (QED) is 0.721. The molecular weight excluding hydrogens is 201 g/mol. The molecule has 16 heavy (non-hydrogen) atoms. The fraction of sp³-hybridized carbons (Fsp3) is 0.143. The zero-order chi connectivity index (χ0) is 11.7. The van der Waals surface area contributed by atoms with Gasteiger partial charge in [0.2, 0.25) is 0 Å². The molecule has 0 aliphatic rings. The minimum absolute atomic E-state index is 0.184. The molecule has 82 valence electrons. The Labute approximate surface area is 94.7 Å². The summed E-state index contributed by atoms with van der Waals surface area (Å²) in [5.41, 5.74) is 10.1. The first kappa shape index (κ1) is 10.7. The first-order valence-electron chi connectivity index (χ1n) is 5.20. The van der Waals surface area contributed by atoms with Crippen molar-refractivity contribution >= 4 is 5.69 Å². The van der Waals surface area contributed by atoms with E-state index in [1.54, 1.807) is 19.1 Å². The van der Waals surface area contributed by atoms with Crippen molar-refractivity contribution < 1.29 is 4.39 Å². The van der Waals surface area contributed by atoms with Gasteiger partial charge in [-0.05, 0) is 48.2 Å². The van der Waals surface area contributed by atoms with Crippen molar-refractivity contribution in [3.63, 3.8) is 0 Å². The molecule has 0 aliphatic carbocycles. The monoisotopic (exact) mass is 215 g/mol. The van der Waals surface area contributed by atoms with Crippen LogP contribution >= 0.6 is 0 Å². The smallest absolute Gasteiger partial charge is 0.126 e. The molecule has 0 spiro atoms. The van der Waals surface area contributed by atoms with Crippen LogP contribution in [0.5, 0.6) is 0 Å². The van der Waals surface area contributed by atoms with Gasteiger partial charge in [0.1, 0.15) is 5.82 Å². The fourth-order valence-electron chi connectivity index (χ4n) is 1.59. The number of nitrogens with two attached hydrogens (primary N) is 1. The third kappa shape index (κ3) is 1.91. The molecule has 0 saturated carbocycles. The number of nitrogen functional groups attached to an aromatic ring is 1. The van der Waals surface area contributed by atoms with Crippen molar-refractivity contribution in [1.29, 1.82) is 0 Å². The molecule has 0 amide bonds. The summed E-state index contributed by atoms with van der Waals surface area (Å²) in [4.78, 5) is 0. The van der Waals surface area contributed by atoms with Gasteiger partial charge < -0.3 is 5.73 Å². The maximum Gasteiger partial charge on any atom is 0.126 e. The molecule has 0 aromatic heterocycles. The summed E-state index contributed by atoms with van der Waals surface area (Å²) in [6.07, 6.45) is 0. The maximum absolute atomic E-state index is 13.4. The topological polar surface area (TPSA) is 26.0 Å². The van der Waals surface area contributed by atoms with Gasteiger partial charge in [0.15, 0.2) is 0 Å². The molecule has 0 radical (unpaired) electrons. The molecule has 1 nitrogen and oxygen atoms in total. The normalized spacial score (nSPS) is 10.4. The number of hydrogen-bond donors (Lipinski definition) is 1. The van der Waals surface area contributed by atoms with Gasteiger partial charge in [0.05, 0.1) is 0 Å². The van der Waals surface area contributed by atoms with Crippen molar-refractivity contribution in [3.05, 3.63) is 53.3 Å². The number of aryl methyl sites for hydroxylation is 2. The minimum Gasteiger partial charge on any atom is -0.398 e. The van der Waals surface area contributed by atoms with E-state index in [0.717, 1.165) is 22.4 Å². The van der Waals surface area contributed by atoms with Crippen LogP contribution in [-0.2, 0) is 0 Å². The van der Waals surface area contributed by atoms with Gasteiger partial charge in [0, 0.05) is 5.69 Å². The predicted molar refractivity (Wildman–Crippen MR) is 65.7 cm³/mol. The van der Waals surface area contributed by atoms with Gasteiger partial charge in [-0.1, -0.05) is 24.3 Å². The van der Waals surface area contributed by atoms with Crippen LogP contribution in [0.25, 0.3) is 11.1 Å². The SMILES string of the molecule is Cc1ccc(-c2ccc(C)c(F)c2)cc1N. The highest BCUT2D eigenvalue weighted by molar-refractivity contribution is 5.69. The second-order valence-electron chi connectivity index (χ2n) is 4.04. The van der Waals surface area contributed by atoms with E-state index < -0.39 is 0 Å². The van der Waals surface area contributed by atoms with Crippen molar-refractivity contribution in [2.75, 3.05) is 5.73 Å². The Morgan fingerprint density at radius 2 is 1.44 bits per heavy atom. The summed E-state index contributed by atoms with van der Waals surface area (Å²) in [6.45, 7) is 3.71. The van der Waals surface area contributed by atoms with E-state index in [4.69, 9.17) is 5.73 Å². The van der Waals surface area contributed by atoms with Crippen molar-refractivity contribution in [3.8, 4) is 11.1 Å². The van der Waals surface area contributed by atoms with E-state index in [2.05, 4.69) is 0 Å². The summed E-state index contributed by atoms with van der Waals surface area (Å²) < 4.78 is 13.4. The van der Waals surface area contributed by atoms with Crippen LogP contribution in [0, 0.1) is 19.7 Å². The Hall–Kier alpha value is -1.83. The summed E-state index contributed by atoms with van der Waals surface area (Å²) >= 11 is 0. The van der Waals surface area contributed by atoms with Gasteiger partial charge in [-0.2, -0.15) is 0 Å². The lowest BCUT2D eigenvalue weighted by atomic mass is 10.0. The largest absolute Gasteiger partial charge is 0.398 e. The second kappa shape index (κ2) is 3.97. The second-order valence-corrected chi connectivity index (χ2v) is 4.04. The third-order valence-electron chi connectivity index (χ3n) is 2.78. The van der Waals surface area contributed by atoms with Gasteiger partial charge in [-0.3, -0.25) is 0 Å². The molecule has 2 rings (SSSR count).